The summed E-state index contributed by atoms with van der Waals surface area (Å²) in [5.41, 5.74) is -1.39. The van der Waals surface area contributed by atoms with Crippen molar-refractivity contribution < 1.29 is 47.4 Å². The maximum atomic E-state index is 11.7. The SMILES string of the molecule is CC(O)CCC(SC1OC(CO)C(O)C(O)C1O)=[N+]([O-])S(=O)(=O)O. The van der Waals surface area contributed by atoms with Crippen molar-refractivity contribution in [3.63, 3.8) is 0 Å². The summed E-state index contributed by atoms with van der Waals surface area (Å²) in [5, 5.41) is 58.8. The molecule has 24 heavy (non-hydrogen) atoms. The van der Waals surface area contributed by atoms with Gasteiger partial charge in [0.05, 0.1) is 12.7 Å². The van der Waals surface area contributed by atoms with Crippen LogP contribution >= 0.6 is 11.8 Å². The second-order valence-electron chi connectivity index (χ2n) is 5.30. The van der Waals surface area contributed by atoms with Crippen molar-refractivity contribution in [2.45, 2.75) is 55.7 Å². The Morgan fingerprint density at radius 2 is 1.88 bits per heavy atom. The van der Waals surface area contributed by atoms with E-state index in [9.17, 15) is 34.1 Å². The third kappa shape index (κ3) is 5.50. The smallest absolute Gasteiger partial charge is 0.518 e. The Bertz CT molecular complexity index is 549. The van der Waals surface area contributed by atoms with Crippen LogP contribution in [-0.4, -0.2) is 90.3 Å². The number of rotatable bonds is 6. The molecule has 0 saturated carbocycles. The van der Waals surface area contributed by atoms with Crippen molar-refractivity contribution in [2.75, 3.05) is 6.61 Å². The van der Waals surface area contributed by atoms with Crippen LogP contribution in [0.25, 0.3) is 0 Å². The summed E-state index contributed by atoms with van der Waals surface area (Å²) in [5.74, 6) is 0. The van der Waals surface area contributed by atoms with E-state index in [0.29, 0.717) is 11.8 Å². The Morgan fingerprint density at radius 3 is 2.33 bits per heavy atom. The fourth-order valence-electron chi connectivity index (χ4n) is 1.95. The van der Waals surface area contributed by atoms with Gasteiger partial charge >= 0.3 is 10.3 Å². The van der Waals surface area contributed by atoms with E-state index < -0.39 is 62.1 Å². The molecule has 1 heterocycles. The van der Waals surface area contributed by atoms with Crippen LogP contribution in [0.15, 0.2) is 0 Å². The Balaban J connectivity index is 3.04. The maximum Gasteiger partial charge on any atom is 0.518 e. The molecule has 0 aliphatic carbocycles. The van der Waals surface area contributed by atoms with Crippen LogP contribution in [0, 0.1) is 5.21 Å². The average Bonchev–Trinajstić information content (AvgIpc) is 2.49. The average molecular weight is 391 g/mol. The molecule has 13 heteroatoms. The molecule has 0 aromatic heterocycles. The fraction of sp³-hybridized carbons (Fsp3) is 0.909. The summed E-state index contributed by atoms with van der Waals surface area (Å²) in [7, 11) is -5.12. The minimum Gasteiger partial charge on any atom is -0.605 e. The van der Waals surface area contributed by atoms with Gasteiger partial charge in [-0.25, -0.2) is 4.55 Å². The van der Waals surface area contributed by atoms with Gasteiger partial charge in [-0.05, 0) is 25.1 Å². The van der Waals surface area contributed by atoms with E-state index in [2.05, 4.69) is 0 Å². The lowest BCUT2D eigenvalue weighted by Gasteiger charge is -2.39. The Morgan fingerprint density at radius 1 is 1.29 bits per heavy atom. The molecule has 1 aliphatic heterocycles. The van der Waals surface area contributed by atoms with Crippen molar-refractivity contribution >= 4 is 27.1 Å². The normalized spacial score (nSPS) is 33.9. The first-order valence-corrected chi connectivity index (χ1v) is 9.22. The number of aliphatic hydroxyl groups is 5. The van der Waals surface area contributed by atoms with Gasteiger partial charge in [0.1, 0.15) is 29.9 Å². The first-order chi connectivity index (χ1) is 11.0. The lowest BCUT2D eigenvalue weighted by atomic mass is 10.0. The molecule has 0 aromatic carbocycles. The number of aliphatic hydroxyl groups excluding tert-OH is 5. The summed E-state index contributed by atoms with van der Waals surface area (Å²) in [6.07, 6.45) is -7.38. The molecule has 1 rings (SSSR count). The maximum absolute atomic E-state index is 11.7. The van der Waals surface area contributed by atoms with Crippen LogP contribution in [0.1, 0.15) is 19.8 Å². The van der Waals surface area contributed by atoms with Gasteiger partial charge in [-0.3, -0.25) is 0 Å². The molecule has 0 aromatic rings. The molecular weight excluding hydrogens is 370 g/mol. The zero-order chi connectivity index (χ0) is 18.7. The van der Waals surface area contributed by atoms with Gasteiger partial charge in [0.2, 0.25) is 5.04 Å². The molecule has 1 saturated heterocycles. The van der Waals surface area contributed by atoms with Crippen molar-refractivity contribution in [3.8, 4) is 0 Å². The van der Waals surface area contributed by atoms with Gasteiger partial charge in [-0.2, -0.15) is 0 Å². The second kappa shape index (κ2) is 8.73. The highest BCUT2D eigenvalue weighted by Crippen LogP contribution is 2.30. The Labute approximate surface area is 142 Å². The zero-order valence-electron chi connectivity index (χ0n) is 12.7. The van der Waals surface area contributed by atoms with Crippen LogP contribution < -0.4 is 0 Å². The second-order valence-corrected chi connectivity index (χ2v) is 7.70. The third-order valence-electron chi connectivity index (χ3n) is 3.29. The fourth-order valence-corrected chi connectivity index (χ4v) is 3.80. The molecule has 11 nitrogen and oxygen atoms in total. The van der Waals surface area contributed by atoms with E-state index in [1.807, 2.05) is 0 Å². The highest BCUT2D eigenvalue weighted by Gasteiger charge is 2.45. The molecule has 6 N–H and O–H groups in total. The van der Waals surface area contributed by atoms with Crippen LogP contribution in [0.4, 0.5) is 0 Å². The van der Waals surface area contributed by atoms with Crippen LogP contribution in [0.5, 0.6) is 0 Å². The molecule has 0 amide bonds. The van der Waals surface area contributed by atoms with E-state index in [0.717, 1.165) is 0 Å². The molecule has 142 valence electrons. The van der Waals surface area contributed by atoms with E-state index in [1.54, 1.807) is 0 Å². The van der Waals surface area contributed by atoms with E-state index in [1.165, 1.54) is 6.92 Å². The van der Waals surface area contributed by atoms with Crippen LogP contribution in [0.2, 0.25) is 0 Å². The zero-order valence-corrected chi connectivity index (χ0v) is 14.3. The molecule has 6 unspecified atom stereocenters. The van der Waals surface area contributed by atoms with Crippen molar-refractivity contribution in [1.29, 1.82) is 0 Å². The number of hydrogen-bond donors (Lipinski definition) is 6. The van der Waals surface area contributed by atoms with Gasteiger partial charge < -0.3 is 35.5 Å². The summed E-state index contributed by atoms with van der Waals surface area (Å²) >= 11 is 0.401. The minimum atomic E-state index is -5.12. The van der Waals surface area contributed by atoms with Gasteiger partial charge in [0, 0.05) is 6.42 Å². The van der Waals surface area contributed by atoms with Crippen molar-refractivity contribution in [2.24, 2.45) is 0 Å². The van der Waals surface area contributed by atoms with Crippen molar-refractivity contribution in [3.05, 3.63) is 5.21 Å². The summed E-state index contributed by atoms with van der Waals surface area (Å²) < 4.78 is 35.4. The highest BCUT2D eigenvalue weighted by atomic mass is 32.2. The van der Waals surface area contributed by atoms with E-state index in [-0.39, 0.29) is 12.8 Å². The summed E-state index contributed by atoms with van der Waals surface area (Å²) in [4.78, 5) is 0. The predicted molar refractivity (Wildman–Crippen MR) is 82.5 cm³/mol. The number of hydrogen-bond acceptors (Lipinski definition) is 10. The van der Waals surface area contributed by atoms with Crippen LogP contribution in [-0.2, 0) is 15.0 Å². The summed E-state index contributed by atoms with van der Waals surface area (Å²) in [6.45, 7) is 0.711. The molecule has 0 spiro atoms. The topological polar surface area (TPSA) is 191 Å². The minimum absolute atomic E-state index is 0.0198. The monoisotopic (exact) mass is 391 g/mol. The number of thioether (sulfide) groups is 1. The molecule has 6 atom stereocenters. The molecule has 0 radical (unpaired) electrons. The van der Waals surface area contributed by atoms with Gasteiger partial charge in [-0.15, -0.1) is 8.42 Å². The standard InChI is InChI=1S/C11H21NO10S2/c1-5(14)2-3-7(12(18)24(19,20)21)23-11-10(17)9(16)8(15)6(4-13)22-11/h5-6,8-11,13-17H,2-4H2,1H3,(H,19,20,21). The van der Waals surface area contributed by atoms with Crippen LogP contribution in [0.3, 0.4) is 0 Å². The number of ether oxygens (including phenoxy) is 1. The predicted octanol–water partition coefficient (Wildman–Crippen LogP) is -2.61. The highest BCUT2D eigenvalue weighted by molar-refractivity contribution is 8.14. The lowest BCUT2D eigenvalue weighted by molar-refractivity contribution is -0.290. The summed E-state index contributed by atoms with van der Waals surface area (Å²) in [6, 6.07) is 0. The molecule has 1 aliphatic rings. The Kier molecular flexibility index (Phi) is 7.83. The Hall–Kier alpha value is -0.510. The van der Waals surface area contributed by atoms with Gasteiger partial charge in [0.25, 0.3) is 0 Å². The van der Waals surface area contributed by atoms with E-state index >= 15 is 0 Å². The van der Waals surface area contributed by atoms with Gasteiger partial charge in [-0.1, -0.05) is 4.14 Å². The largest absolute Gasteiger partial charge is 0.605 e. The van der Waals surface area contributed by atoms with Crippen molar-refractivity contribution in [1.82, 2.24) is 0 Å². The third-order valence-corrected chi connectivity index (χ3v) is 5.31. The quantitative estimate of drug-likeness (QED) is 0.0694. The molecular formula is C11H21NO10S2. The lowest BCUT2D eigenvalue weighted by Crippen LogP contribution is -2.57. The van der Waals surface area contributed by atoms with Gasteiger partial charge in [0.15, 0.2) is 0 Å². The first kappa shape index (κ1) is 21.5. The molecule has 1 fully saturated rings. The van der Waals surface area contributed by atoms with E-state index in [4.69, 9.17) is 14.4 Å². The first-order valence-electron chi connectivity index (χ1n) is 6.95. The number of nitrogens with zero attached hydrogens (tertiary/aromatic N) is 1. The molecule has 0 bridgehead atoms.